The molecule has 1 aliphatic heterocycles. The van der Waals surface area contributed by atoms with E-state index in [1.807, 2.05) is 18.2 Å². The fourth-order valence-corrected chi connectivity index (χ4v) is 2.31. The molecule has 0 spiro atoms. The molecule has 1 saturated heterocycles. The first-order valence-corrected chi connectivity index (χ1v) is 5.30. The molecular formula is C12H17NO2. The third-order valence-electron chi connectivity index (χ3n) is 3.03. The Labute approximate surface area is 90.1 Å². The van der Waals surface area contributed by atoms with Crippen molar-refractivity contribution in [2.45, 2.75) is 18.4 Å². The number of phenolic OH excluding ortho intramolecular Hbond substituents is 1. The Bertz CT molecular complexity index is 332. The third-order valence-corrected chi connectivity index (χ3v) is 3.03. The van der Waals surface area contributed by atoms with Crippen molar-refractivity contribution < 1.29 is 9.84 Å². The molecule has 2 N–H and O–H groups in total. The van der Waals surface area contributed by atoms with Gasteiger partial charge in [-0.2, -0.15) is 0 Å². The number of aromatic hydroxyl groups is 1. The zero-order chi connectivity index (χ0) is 10.7. The summed E-state index contributed by atoms with van der Waals surface area (Å²) in [6, 6.07) is 7.43. The van der Waals surface area contributed by atoms with Crippen molar-refractivity contribution in [3.05, 3.63) is 29.8 Å². The van der Waals surface area contributed by atoms with Crippen molar-refractivity contribution in [3.63, 3.8) is 0 Å². The summed E-state index contributed by atoms with van der Waals surface area (Å²) in [5, 5.41) is 13.0. The molecule has 1 aromatic rings. The molecule has 0 saturated carbocycles. The molecule has 1 unspecified atom stereocenters. The first-order valence-electron chi connectivity index (χ1n) is 5.30. The summed E-state index contributed by atoms with van der Waals surface area (Å²) < 4.78 is 5.28. The van der Waals surface area contributed by atoms with E-state index in [2.05, 4.69) is 5.32 Å². The number of hydrogen-bond donors (Lipinski definition) is 2. The van der Waals surface area contributed by atoms with Crippen molar-refractivity contribution in [3.8, 4) is 5.75 Å². The van der Waals surface area contributed by atoms with Gasteiger partial charge in [0.2, 0.25) is 0 Å². The first-order chi connectivity index (χ1) is 7.27. The standard InChI is InChI=1S/C12H17NO2/c1-15-9-12(6-3-7-13-12)10-4-2-5-11(14)8-10/h2,4-5,8,13-14H,3,6-7,9H2,1H3. The van der Waals surface area contributed by atoms with E-state index in [4.69, 9.17) is 4.74 Å². The van der Waals surface area contributed by atoms with Gasteiger partial charge in [0.05, 0.1) is 12.1 Å². The number of rotatable bonds is 3. The number of phenols is 1. The van der Waals surface area contributed by atoms with Crippen LogP contribution in [-0.4, -0.2) is 25.4 Å². The predicted molar refractivity (Wildman–Crippen MR) is 58.9 cm³/mol. The molecule has 0 aliphatic carbocycles. The largest absolute Gasteiger partial charge is 0.508 e. The Balaban J connectivity index is 2.31. The van der Waals surface area contributed by atoms with E-state index < -0.39 is 0 Å². The summed E-state index contributed by atoms with van der Waals surface area (Å²) in [7, 11) is 1.71. The van der Waals surface area contributed by atoms with Gasteiger partial charge in [0, 0.05) is 7.11 Å². The monoisotopic (exact) mass is 207 g/mol. The lowest BCUT2D eigenvalue weighted by atomic mass is 9.89. The summed E-state index contributed by atoms with van der Waals surface area (Å²) >= 11 is 0. The summed E-state index contributed by atoms with van der Waals surface area (Å²) in [6.45, 7) is 1.66. The van der Waals surface area contributed by atoms with Gasteiger partial charge in [-0.25, -0.2) is 0 Å². The van der Waals surface area contributed by atoms with Gasteiger partial charge in [-0.15, -0.1) is 0 Å². The highest BCUT2D eigenvalue weighted by Gasteiger charge is 2.35. The second-order valence-electron chi connectivity index (χ2n) is 4.10. The molecule has 0 amide bonds. The number of benzene rings is 1. The van der Waals surface area contributed by atoms with Gasteiger partial charge >= 0.3 is 0 Å². The van der Waals surface area contributed by atoms with Gasteiger partial charge in [0.25, 0.3) is 0 Å². The van der Waals surface area contributed by atoms with Crippen LogP contribution in [0.3, 0.4) is 0 Å². The van der Waals surface area contributed by atoms with Gasteiger partial charge in [0.1, 0.15) is 5.75 Å². The fourth-order valence-electron chi connectivity index (χ4n) is 2.31. The van der Waals surface area contributed by atoms with Crippen molar-refractivity contribution >= 4 is 0 Å². The number of ether oxygens (including phenoxy) is 1. The van der Waals surface area contributed by atoms with Crippen molar-refractivity contribution in [1.82, 2.24) is 5.32 Å². The Kier molecular flexibility index (Phi) is 2.93. The summed E-state index contributed by atoms with van der Waals surface area (Å²) in [5.74, 6) is 0.316. The van der Waals surface area contributed by atoms with E-state index in [9.17, 15) is 5.11 Å². The average Bonchev–Trinajstić information content (AvgIpc) is 2.68. The molecule has 1 aromatic carbocycles. The van der Waals surface area contributed by atoms with Crippen LogP contribution < -0.4 is 5.32 Å². The maximum atomic E-state index is 9.49. The number of methoxy groups -OCH3 is 1. The maximum absolute atomic E-state index is 9.49. The zero-order valence-corrected chi connectivity index (χ0v) is 8.99. The zero-order valence-electron chi connectivity index (χ0n) is 8.99. The molecule has 82 valence electrons. The van der Waals surface area contributed by atoms with Gasteiger partial charge in [0.15, 0.2) is 0 Å². The SMILES string of the molecule is COCC1(c2cccc(O)c2)CCCN1. The molecule has 1 fully saturated rings. The lowest BCUT2D eigenvalue weighted by molar-refractivity contribution is 0.119. The topological polar surface area (TPSA) is 41.5 Å². The van der Waals surface area contributed by atoms with Crippen LogP contribution in [0.2, 0.25) is 0 Å². The molecule has 0 aromatic heterocycles. The van der Waals surface area contributed by atoms with E-state index in [-0.39, 0.29) is 5.54 Å². The minimum absolute atomic E-state index is 0.104. The van der Waals surface area contributed by atoms with E-state index in [0.29, 0.717) is 12.4 Å². The quantitative estimate of drug-likeness (QED) is 0.791. The molecule has 0 bridgehead atoms. The molecule has 0 radical (unpaired) electrons. The van der Waals surface area contributed by atoms with E-state index >= 15 is 0 Å². The molecule has 15 heavy (non-hydrogen) atoms. The normalized spacial score (nSPS) is 25.7. The van der Waals surface area contributed by atoms with E-state index in [0.717, 1.165) is 24.9 Å². The molecular weight excluding hydrogens is 190 g/mol. The Morgan fingerprint density at radius 2 is 2.40 bits per heavy atom. The summed E-state index contributed by atoms with van der Waals surface area (Å²) in [4.78, 5) is 0. The molecule has 3 nitrogen and oxygen atoms in total. The second-order valence-corrected chi connectivity index (χ2v) is 4.10. The van der Waals surface area contributed by atoms with Crippen LogP contribution in [0.4, 0.5) is 0 Å². The maximum Gasteiger partial charge on any atom is 0.115 e. The van der Waals surface area contributed by atoms with Gasteiger partial charge < -0.3 is 15.2 Å². The Hall–Kier alpha value is -1.06. The van der Waals surface area contributed by atoms with Gasteiger partial charge in [-0.1, -0.05) is 12.1 Å². The first kappa shape index (κ1) is 10.5. The summed E-state index contributed by atoms with van der Waals surface area (Å²) in [6.07, 6.45) is 2.21. The van der Waals surface area contributed by atoms with Crippen LogP contribution in [0, 0.1) is 0 Å². The Morgan fingerprint density at radius 3 is 3.00 bits per heavy atom. The number of nitrogens with one attached hydrogen (secondary N) is 1. The van der Waals surface area contributed by atoms with Crippen LogP contribution in [0.1, 0.15) is 18.4 Å². The van der Waals surface area contributed by atoms with Crippen molar-refractivity contribution in [2.24, 2.45) is 0 Å². The van der Waals surface area contributed by atoms with Crippen LogP contribution >= 0.6 is 0 Å². The highest BCUT2D eigenvalue weighted by molar-refractivity contribution is 5.33. The van der Waals surface area contributed by atoms with Crippen LogP contribution in [0.5, 0.6) is 5.75 Å². The highest BCUT2D eigenvalue weighted by atomic mass is 16.5. The fraction of sp³-hybridized carbons (Fsp3) is 0.500. The third kappa shape index (κ3) is 1.98. The molecule has 1 heterocycles. The minimum Gasteiger partial charge on any atom is -0.508 e. The Morgan fingerprint density at radius 1 is 1.53 bits per heavy atom. The molecule has 1 aliphatic rings. The van der Waals surface area contributed by atoms with Gasteiger partial charge in [-0.3, -0.25) is 0 Å². The molecule has 1 atom stereocenters. The van der Waals surface area contributed by atoms with Gasteiger partial charge in [-0.05, 0) is 37.1 Å². The van der Waals surface area contributed by atoms with Crippen molar-refractivity contribution in [2.75, 3.05) is 20.3 Å². The molecule has 2 rings (SSSR count). The minimum atomic E-state index is -0.104. The molecule has 3 heteroatoms. The average molecular weight is 207 g/mol. The van der Waals surface area contributed by atoms with Crippen LogP contribution in [0.25, 0.3) is 0 Å². The smallest absolute Gasteiger partial charge is 0.115 e. The number of hydrogen-bond acceptors (Lipinski definition) is 3. The second kappa shape index (κ2) is 4.21. The summed E-state index contributed by atoms with van der Waals surface area (Å²) in [5.41, 5.74) is 1.01. The lowest BCUT2D eigenvalue weighted by Crippen LogP contribution is -2.40. The highest BCUT2D eigenvalue weighted by Crippen LogP contribution is 2.32. The predicted octanol–water partition coefficient (Wildman–Crippen LogP) is 1.62. The van der Waals surface area contributed by atoms with Crippen LogP contribution in [0.15, 0.2) is 24.3 Å². The van der Waals surface area contributed by atoms with Crippen LogP contribution in [-0.2, 0) is 10.3 Å². The van der Waals surface area contributed by atoms with Crippen molar-refractivity contribution in [1.29, 1.82) is 0 Å². The lowest BCUT2D eigenvalue weighted by Gasteiger charge is -2.29. The van der Waals surface area contributed by atoms with E-state index in [1.165, 1.54) is 0 Å². The van der Waals surface area contributed by atoms with E-state index in [1.54, 1.807) is 13.2 Å².